The first-order valence-corrected chi connectivity index (χ1v) is 6.15. The van der Waals surface area contributed by atoms with Crippen LogP contribution in [0.5, 0.6) is 0 Å². The lowest BCUT2D eigenvalue weighted by atomic mass is 10.0. The Bertz CT molecular complexity index is 361. The Hall–Kier alpha value is -1.04. The van der Waals surface area contributed by atoms with Gasteiger partial charge < -0.3 is 4.74 Å². The summed E-state index contributed by atoms with van der Waals surface area (Å²) in [5.74, 6) is 4.34. The number of halogens is 2. The third kappa shape index (κ3) is 5.08. The van der Waals surface area contributed by atoms with Crippen LogP contribution in [0.2, 0.25) is 0 Å². The van der Waals surface area contributed by atoms with Crippen molar-refractivity contribution in [3.8, 4) is 0 Å². The van der Waals surface area contributed by atoms with E-state index in [-0.39, 0.29) is 6.04 Å². The van der Waals surface area contributed by atoms with Crippen molar-refractivity contribution in [2.24, 2.45) is 5.84 Å². The molecule has 0 heterocycles. The molecule has 0 spiro atoms. The van der Waals surface area contributed by atoms with Gasteiger partial charge in [0.1, 0.15) is 11.6 Å². The number of hydrogen-bond donors (Lipinski definition) is 2. The van der Waals surface area contributed by atoms with Gasteiger partial charge in [0.15, 0.2) is 0 Å². The topological polar surface area (TPSA) is 47.3 Å². The van der Waals surface area contributed by atoms with Crippen molar-refractivity contribution in [1.29, 1.82) is 0 Å². The van der Waals surface area contributed by atoms with Gasteiger partial charge in [-0.05, 0) is 37.8 Å². The molecule has 1 unspecified atom stereocenters. The summed E-state index contributed by atoms with van der Waals surface area (Å²) in [6.45, 7) is 3.29. The first-order chi connectivity index (χ1) is 8.67. The van der Waals surface area contributed by atoms with Gasteiger partial charge in [-0.2, -0.15) is 0 Å². The molecule has 0 amide bonds. The van der Waals surface area contributed by atoms with E-state index >= 15 is 0 Å². The second kappa shape index (κ2) is 8.13. The lowest BCUT2D eigenvalue weighted by molar-refractivity contribution is 0.140. The molecule has 0 aliphatic carbocycles. The van der Waals surface area contributed by atoms with Crippen molar-refractivity contribution in [3.05, 3.63) is 35.4 Å². The zero-order chi connectivity index (χ0) is 13.4. The molecule has 0 saturated heterocycles. The van der Waals surface area contributed by atoms with E-state index < -0.39 is 11.6 Å². The number of hydrogen-bond acceptors (Lipinski definition) is 3. The van der Waals surface area contributed by atoms with E-state index in [2.05, 4.69) is 5.43 Å². The summed E-state index contributed by atoms with van der Waals surface area (Å²) in [6.07, 6.45) is 2.08. The maximum Gasteiger partial charge on any atom is 0.129 e. The second-order valence-electron chi connectivity index (χ2n) is 4.14. The first-order valence-electron chi connectivity index (χ1n) is 6.15. The Labute approximate surface area is 106 Å². The molecular formula is C13H20F2N2O. The molecule has 1 aromatic rings. The zero-order valence-corrected chi connectivity index (χ0v) is 10.6. The van der Waals surface area contributed by atoms with Crippen LogP contribution in [0.25, 0.3) is 0 Å². The molecule has 0 radical (unpaired) electrons. The van der Waals surface area contributed by atoms with E-state index in [1.807, 2.05) is 6.92 Å². The molecule has 3 nitrogen and oxygen atoms in total. The van der Waals surface area contributed by atoms with Crippen molar-refractivity contribution in [2.45, 2.75) is 32.2 Å². The third-order valence-electron chi connectivity index (χ3n) is 2.76. The number of rotatable bonds is 8. The molecule has 0 aromatic heterocycles. The summed E-state index contributed by atoms with van der Waals surface area (Å²) in [7, 11) is 0. The van der Waals surface area contributed by atoms with Crippen molar-refractivity contribution < 1.29 is 13.5 Å². The van der Waals surface area contributed by atoms with E-state index in [9.17, 15) is 8.78 Å². The lowest BCUT2D eigenvalue weighted by Gasteiger charge is -2.16. The van der Waals surface area contributed by atoms with Crippen molar-refractivity contribution >= 4 is 0 Å². The fraction of sp³-hybridized carbons (Fsp3) is 0.538. The Balaban J connectivity index is 2.46. The number of hydrazine groups is 1. The smallest absolute Gasteiger partial charge is 0.129 e. The summed E-state index contributed by atoms with van der Waals surface area (Å²) in [4.78, 5) is 0. The van der Waals surface area contributed by atoms with Crippen LogP contribution in [-0.2, 0) is 11.2 Å². The van der Waals surface area contributed by atoms with E-state index in [0.717, 1.165) is 18.9 Å². The fourth-order valence-electron chi connectivity index (χ4n) is 1.77. The number of ether oxygens (including phenoxy) is 1. The first kappa shape index (κ1) is 15.0. The molecule has 1 aromatic carbocycles. The van der Waals surface area contributed by atoms with Crippen LogP contribution in [0.3, 0.4) is 0 Å². The molecular weight excluding hydrogens is 238 g/mol. The van der Waals surface area contributed by atoms with Gasteiger partial charge in [0.25, 0.3) is 0 Å². The predicted octanol–water partition coefficient (Wildman–Crippen LogP) is 2.16. The average Bonchev–Trinajstić information content (AvgIpc) is 2.35. The van der Waals surface area contributed by atoms with Crippen LogP contribution >= 0.6 is 0 Å². The van der Waals surface area contributed by atoms with E-state index in [4.69, 9.17) is 10.6 Å². The molecule has 1 atom stereocenters. The van der Waals surface area contributed by atoms with Crippen LogP contribution in [0.4, 0.5) is 8.78 Å². The van der Waals surface area contributed by atoms with Gasteiger partial charge in [-0.15, -0.1) is 0 Å². The Kier molecular flexibility index (Phi) is 6.78. The minimum absolute atomic E-state index is 0.0367. The SMILES string of the molecule is CCOCCCC(Cc1ccc(F)cc1F)NN. The molecule has 0 fully saturated rings. The van der Waals surface area contributed by atoms with Crippen LogP contribution < -0.4 is 11.3 Å². The highest BCUT2D eigenvalue weighted by Crippen LogP contribution is 2.13. The minimum Gasteiger partial charge on any atom is -0.382 e. The van der Waals surface area contributed by atoms with Crippen molar-refractivity contribution in [2.75, 3.05) is 13.2 Å². The third-order valence-corrected chi connectivity index (χ3v) is 2.76. The predicted molar refractivity (Wildman–Crippen MR) is 66.9 cm³/mol. The second-order valence-corrected chi connectivity index (χ2v) is 4.14. The number of nitrogens with two attached hydrogens (primary N) is 1. The van der Waals surface area contributed by atoms with E-state index in [0.29, 0.717) is 25.2 Å². The normalized spacial score (nSPS) is 12.7. The Morgan fingerprint density at radius 1 is 1.39 bits per heavy atom. The van der Waals surface area contributed by atoms with E-state index in [1.54, 1.807) is 0 Å². The fourth-order valence-corrected chi connectivity index (χ4v) is 1.77. The minimum atomic E-state index is -0.565. The summed E-state index contributed by atoms with van der Waals surface area (Å²) in [5, 5.41) is 0. The standard InChI is InChI=1S/C13H20F2N2O/c1-2-18-7-3-4-12(17-16)8-10-5-6-11(14)9-13(10)15/h5-6,9,12,17H,2-4,7-8,16H2,1H3. The Morgan fingerprint density at radius 3 is 2.78 bits per heavy atom. The van der Waals surface area contributed by atoms with E-state index in [1.165, 1.54) is 12.1 Å². The summed E-state index contributed by atoms with van der Waals surface area (Å²) in [6, 6.07) is 3.57. The molecule has 0 saturated carbocycles. The maximum atomic E-state index is 13.5. The van der Waals surface area contributed by atoms with Crippen LogP contribution in [0.15, 0.2) is 18.2 Å². The summed E-state index contributed by atoms with van der Waals surface area (Å²) < 4.78 is 31.4. The molecule has 0 aliphatic heterocycles. The highest BCUT2D eigenvalue weighted by Gasteiger charge is 2.11. The highest BCUT2D eigenvalue weighted by atomic mass is 19.1. The lowest BCUT2D eigenvalue weighted by Crippen LogP contribution is -2.37. The largest absolute Gasteiger partial charge is 0.382 e. The molecule has 0 bridgehead atoms. The molecule has 18 heavy (non-hydrogen) atoms. The molecule has 0 aliphatic rings. The zero-order valence-electron chi connectivity index (χ0n) is 10.6. The van der Waals surface area contributed by atoms with Gasteiger partial charge >= 0.3 is 0 Å². The maximum absolute atomic E-state index is 13.5. The quantitative estimate of drug-likeness (QED) is 0.427. The van der Waals surface area contributed by atoms with Gasteiger partial charge in [-0.1, -0.05) is 6.07 Å². The molecule has 3 N–H and O–H groups in total. The van der Waals surface area contributed by atoms with Gasteiger partial charge in [0.05, 0.1) is 0 Å². The van der Waals surface area contributed by atoms with Gasteiger partial charge in [0, 0.05) is 25.3 Å². The van der Waals surface area contributed by atoms with Crippen LogP contribution in [-0.4, -0.2) is 19.3 Å². The molecule has 5 heteroatoms. The van der Waals surface area contributed by atoms with Crippen molar-refractivity contribution in [3.63, 3.8) is 0 Å². The molecule has 1 rings (SSSR count). The van der Waals surface area contributed by atoms with Crippen LogP contribution in [0.1, 0.15) is 25.3 Å². The van der Waals surface area contributed by atoms with Gasteiger partial charge in [-0.25, -0.2) is 8.78 Å². The highest BCUT2D eigenvalue weighted by molar-refractivity contribution is 5.19. The number of nitrogens with one attached hydrogen (secondary N) is 1. The van der Waals surface area contributed by atoms with Crippen LogP contribution in [0, 0.1) is 11.6 Å². The van der Waals surface area contributed by atoms with Crippen molar-refractivity contribution in [1.82, 2.24) is 5.43 Å². The van der Waals surface area contributed by atoms with Gasteiger partial charge in [-0.3, -0.25) is 11.3 Å². The monoisotopic (exact) mass is 258 g/mol. The summed E-state index contributed by atoms with van der Waals surface area (Å²) >= 11 is 0. The van der Waals surface area contributed by atoms with Gasteiger partial charge in [0.2, 0.25) is 0 Å². The molecule has 102 valence electrons. The average molecular weight is 258 g/mol. The Morgan fingerprint density at radius 2 is 2.17 bits per heavy atom. The summed E-state index contributed by atoms with van der Waals surface area (Å²) in [5.41, 5.74) is 3.12. The number of benzene rings is 1.